The van der Waals surface area contributed by atoms with E-state index in [1.807, 2.05) is 30.3 Å². The molecule has 0 amide bonds. The zero-order chi connectivity index (χ0) is 18.0. The van der Waals surface area contributed by atoms with Crippen LogP contribution in [0.5, 0.6) is 0 Å². The van der Waals surface area contributed by atoms with Crippen molar-refractivity contribution in [1.29, 1.82) is 0 Å². The van der Waals surface area contributed by atoms with Gasteiger partial charge in [0.1, 0.15) is 0 Å². The molecule has 0 saturated heterocycles. The third-order valence-electron chi connectivity index (χ3n) is 3.56. The molecule has 0 unspecified atom stereocenters. The molecule has 130 valence electrons. The van der Waals surface area contributed by atoms with Crippen LogP contribution in [0.1, 0.15) is 5.56 Å². The summed E-state index contributed by atoms with van der Waals surface area (Å²) >= 11 is 0. The van der Waals surface area contributed by atoms with Crippen LogP contribution >= 0.6 is 0 Å². The minimum absolute atomic E-state index is 0.0529. The molecule has 0 fully saturated rings. The van der Waals surface area contributed by atoms with Gasteiger partial charge >= 0.3 is 0 Å². The molecule has 0 bridgehead atoms. The highest BCUT2D eigenvalue weighted by molar-refractivity contribution is 7.89. The van der Waals surface area contributed by atoms with E-state index in [0.717, 1.165) is 9.87 Å². The molecule has 0 spiro atoms. The van der Waals surface area contributed by atoms with Gasteiger partial charge in [0, 0.05) is 27.7 Å². The Balaban J connectivity index is 2.27. The molecule has 2 aromatic carbocycles. The normalized spacial score (nSPS) is 12.7. The Kier molecular flexibility index (Phi) is 5.44. The molecular weight excluding hydrogens is 348 g/mol. The molecule has 0 aliphatic rings. The lowest BCUT2D eigenvalue weighted by Crippen LogP contribution is -2.26. The topological polar surface area (TPSA) is 74.8 Å². The van der Waals surface area contributed by atoms with Gasteiger partial charge in [-0.2, -0.15) is 4.31 Å². The molecule has 8 heteroatoms. The monoisotopic (exact) mass is 368 g/mol. The van der Waals surface area contributed by atoms with Crippen LogP contribution in [0.25, 0.3) is 0 Å². The lowest BCUT2D eigenvalue weighted by atomic mass is 10.2. The average Bonchev–Trinajstić information content (AvgIpc) is 2.55. The van der Waals surface area contributed by atoms with Crippen molar-refractivity contribution in [3.8, 4) is 0 Å². The van der Waals surface area contributed by atoms with Crippen LogP contribution in [-0.4, -0.2) is 46.6 Å². The van der Waals surface area contributed by atoms with Gasteiger partial charge in [0.05, 0.1) is 9.79 Å². The van der Waals surface area contributed by atoms with Gasteiger partial charge in [-0.05, 0) is 29.8 Å². The Labute approximate surface area is 143 Å². The third-order valence-corrected chi connectivity index (χ3v) is 7.21. The summed E-state index contributed by atoms with van der Waals surface area (Å²) in [7, 11) is -2.94. The van der Waals surface area contributed by atoms with E-state index in [-0.39, 0.29) is 16.3 Å². The van der Waals surface area contributed by atoms with Gasteiger partial charge in [-0.15, -0.1) is 0 Å². The van der Waals surface area contributed by atoms with Crippen LogP contribution < -0.4 is 0 Å². The first-order chi connectivity index (χ1) is 11.2. The fraction of sp³-hybridized carbons (Fsp3) is 0.250. The van der Waals surface area contributed by atoms with Gasteiger partial charge in [0.15, 0.2) is 0 Å². The molecule has 2 aromatic rings. The van der Waals surface area contributed by atoms with Gasteiger partial charge < -0.3 is 0 Å². The van der Waals surface area contributed by atoms with Crippen molar-refractivity contribution in [2.45, 2.75) is 16.3 Å². The van der Waals surface area contributed by atoms with E-state index in [1.54, 1.807) is 0 Å². The van der Waals surface area contributed by atoms with Gasteiger partial charge in [0.25, 0.3) is 0 Å². The second-order valence-corrected chi connectivity index (χ2v) is 9.70. The second kappa shape index (κ2) is 7.02. The van der Waals surface area contributed by atoms with Crippen molar-refractivity contribution < 1.29 is 16.8 Å². The van der Waals surface area contributed by atoms with Crippen molar-refractivity contribution in [2.24, 2.45) is 0 Å². The smallest absolute Gasteiger partial charge is 0.207 e. The molecule has 0 N–H and O–H groups in total. The van der Waals surface area contributed by atoms with E-state index in [9.17, 15) is 16.8 Å². The Morgan fingerprint density at radius 3 is 1.62 bits per heavy atom. The molecule has 0 aromatic heterocycles. The van der Waals surface area contributed by atoms with Crippen molar-refractivity contribution >= 4 is 20.0 Å². The Hall–Kier alpha value is -1.74. The summed E-state index contributed by atoms with van der Waals surface area (Å²) in [6.45, 7) is 0.237. The Morgan fingerprint density at radius 2 is 1.17 bits per heavy atom. The van der Waals surface area contributed by atoms with Crippen LogP contribution in [0.15, 0.2) is 64.4 Å². The van der Waals surface area contributed by atoms with Gasteiger partial charge in [-0.25, -0.2) is 21.1 Å². The lowest BCUT2D eigenvalue weighted by Gasteiger charge is -2.18. The molecule has 0 atom stereocenters. The zero-order valence-electron chi connectivity index (χ0n) is 13.7. The first-order valence-corrected chi connectivity index (χ1v) is 10.1. The van der Waals surface area contributed by atoms with E-state index in [4.69, 9.17) is 0 Å². The van der Waals surface area contributed by atoms with Crippen molar-refractivity contribution in [2.75, 3.05) is 21.1 Å². The molecule has 0 saturated carbocycles. The van der Waals surface area contributed by atoms with E-state index in [2.05, 4.69) is 0 Å². The summed E-state index contributed by atoms with van der Waals surface area (Å²) in [4.78, 5) is 0.107. The maximum atomic E-state index is 12.6. The molecule has 0 aliphatic carbocycles. The van der Waals surface area contributed by atoms with Crippen LogP contribution in [-0.2, 0) is 26.6 Å². The number of sulfonamides is 2. The van der Waals surface area contributed by atoms with E-state index in [1.165, 1.54) is 49.7 Å². The summed E-state index contributed by atoms with van der Waals surface area (Å²) < 4.78 is 51.6. The largest absolute Gasteiger partial charge is 0.243 e. The highest BCUT2D eigenvalue weighted by atomic mass is 32.2. The quantitative estimate of drug-likeness (QED) is 0.779. The number of rotatable bonds is 6. The summed E-state index contributed by atoms with van der Waals surface area (Å²) in [5, 5.41) is 0. The average molecular weight is 368 g/mol. The molecule has 24 heavy (non-hydrogen) atoms. The Bertz CT molecular complexity index is 891. The summed E-state index contributed by atoms with van der Waals surface area (Å²) in [6, 6.07) is 14.5. The number of hydrogen-bond donors (Lipinski definition) is 0. The molecule has 0 aliphatic heterocycles. The minimum Gasteiger partial charge on any atom is -0.207 e. The summed E-state index contributed by atoms with van der Waals surface area (Å²) in [6.07, 6.45) is 0. The van der Waals surface area contributed by atoms with E-state index < -0.39 is 20.0 Å². The van der Waals surface area contributed by atoms with Gasteiger partial charge in [-0.3, -0.25) is 0 Å². The van der Waals surface area contributed by atoms with Crippen LogP contribution in [0.2, 0.25) is 0 Å². The van der Waals surface area contributed by atoms with Crippen molar-refractivity contribution in [3.63, 3.8) is 0 Å². The molecule has 0 heterocycles. The predicted molar refractivity (Wildman–Crippen MR) is 92.4 cm³/mol. The standard InChI is InChI=1S/C16H20N2O4S2/c1-17(2)23(19,20)15-9-11-16(12-10-15)24(21,22)18(3)13-14-7-5-4-6-8-14/h4-12H,13H2,1-3H3. The molecule has 0 radical (unpaired) electrons. The molecule has 2 rings (SSSR count). The summed E-state index contributed by atoms with van der Waals surface area (Å²) in [5.41, 5.74) is 0.871. The highest BCUT2D eigenvalue weighted by Gasteiger charge is 2.23. The van der Waals surface area contributed by atoms with Gasteiger partial charge in [-0.1, -0.05) is 30.3 Å². The maximum absolute atomic E-state index is 12.6. The third kappa shape index (κ3) is 3.84. The number of benzene rings is 2. The van der Waals surface area contributed by atoms with Crippen molar-refractivity contribution in [3.05, 3.63) is 60.2 Å². The van der Waals surface area contributed by atoms with E-state index in [0.29, 0.717) is 0 Å². The number of hydrogen-bond acceptors (Lipinski definition) is 4. The predicted octanol–water partition coefficient (Wildman–Crippen LogP) is 1.76. The SMILES string of the molecule is CN(C)S(=O)(=O)c1ccc(S(=O)(=O)N(C)Cc2ccccc2)cc1. The fourth-order valence-electron chi connectivity index (χ4n) is 2.10. The summed E-state index contributed by atoms with van der Waals surface area (Å²) in [5.74, 6) is 0. The first kappa shape index (κ1) is 18.6. The van der Waals surface area contributed by atoms with Gasteiger partial charge in [0.2, 0.25) is 20.0 Å². The van der Waals surface area contributed by atoms with Crippen LogP contribution in [0.3, 0.4) is 0 Å². The van der Waals surface area contributed by atoms with Crippen molar-refractivity contribution in [1.82, 2.24) is 8.61 Å². The minimum atomic E-state index is -3.69. The van der Waals surface area contributed by atoms with Crippen LogP contribution in [0, 0.1) is 0 Å². The first-order valence-electron chi connectivity index (χ1n) is 7.18. The second-order valence-electron chi connectivity index (χ2n) is 5.51. The van der Waals surface area contributed by atoms with Crippen LogP contribution in [0.4, 0.5) is 0 Å². The Morgan fingerprint density at radius 1 is 0.708 bits per heavy atom. The van der Waals surface area contributed by atoms with E-state index >= 15 is 0 Å². The molecule has 6 nitrogen and oxygen atoms in total. The maximum Gasteiger partial charge on any atom is 0.243 e. The molecular formula is C16H20N2O4S2. The fourth-order valence-corrected chi connectivity index (χ4v) is 4.16. The highest BCUT2D eigenvalue weighted by Crippen LogP contribution is 2.20. The lowest BCUT2D eigenvalue weighted by molar-refractivity contribution is 0.466. The number of nitrogens with zero attached hydrogens (tertiary/aromatic N) is 2. The zero-order valence-corrected chi connectivity index (χ0v) is 15.4.